The first kappa shape index (κ1) is 24.6. The molecule has 3 fully saturated rings. The largest absolute Gasteiger partial charge is 0.379 e. The van der Waals surface area contributed by atoms with E-state index in [-0.39, 0.29) is 23.3 Å². The number of carbonyl (C=O) groups is 1. The predicted octanol–water partition coefficient (Wildman–Crippen LogP) is 4.30. The van der Waals surface area contributed by atoms with Crippen molar-refractivity contribution in [3.8, 4) is 0 Å². The molecule has 2 aromatic heterocycles. The Labute approximate surface area is 222 Å². The Morgan fingerprint density at radius 3 is 2.68 bits per heavy atom. The zero-order chi connectivity index (χ0) is 25.7. The number of rotatable bonds is 6. The Morgan fingerprint density at radius 1 is 1.19 bits per heavy atom. The fraction of sp³-hybridized carbons (Fsp3) is 0.536. The lowest BCUT2D eigenvalue weighted by Gasteiger charge is -2.44. The van der Waals surface area contributed by atoms with Crippen LogP contribution in [0.4, 0.5) is 11.5 Å². The molecule has 0 unspecified atom stereocenters. The number of piperazine rings is 1. The molecule has 3 aliphatic rings. The van der Waals surface area contributed by atoms with Crippen LogP contribution in [-0.4, -0.2) is 70.5 Å². The number of amides is 1. The molecule has 4 atom stereocenters. The molecule has 0 bridgehead atoms. The lowest BCUT2D eigenvalue weighted by molar-refractivity contribution is -0.117. The summed E-state index contributed by atoms with van der Waals surface area (Å²) in [5, 5.41) is 10.1. The van der Waals surface area contributed by atoms with Crippen molar-refractivity contribution in [2.24, 2.45) is 18.9 Å². The topological polar surface area (TPSA) is 75.5 Å². The SMILES string of the molecule is CC[C@H]1[C@@H](C(=O)Nc2cc3cc(N4CCN([C@]5(C)CCOC5)CC4)c(Cl)cc3cn2)[C@@H]1c1cnn(C)c1. The second kappa shape index (κ2) is 9.57. The number of nitrogens with zero attached hydrogens (tertiary/aromatic N) is 5. The van der Waals surface area contributed by atoms with Gasteiger partial charge in [0, 0.05) is 75.0 Å². The number of aromatic nitrogens is 3. The number of hydrogen-bond donors (Lipinski definition) is 1. The van der Waals surface area contributed by atoms with Gasteiger partial charge in [-0.15, -0.1) is 0 Å². The lowest BCUT2D eigenvalue weighted by Crippen LogP contribution is -2.56. The Morgan fingerprint density at radius 2 is 2.00 bits per heavy atom. The molecule has 2 saturated heterocycles. The van der Waals surface area contributed by atoms with Gasteiger partial charge in [-0.05, 0) is 48.4 Å². The van der Waals surface area contributed by atoms with Crippen LogP contribution >= 0.6 is 11.6 Å². The van der Waals surface area contributed by atoms with Crippen LogP contribution in [0.2, 0.25) is 5.02 Å². The van der Waals surface area contributed by atoms with Crippen LogP contribution in [0.3, 0.4) is 0 Å². The van der Waals surface area contributed by atoms with Gasteiger partial charge in [-0.2, -0.15) is 5.10 Å². The maximum absolute atomic E-state index is 13.2. The van der Waals surface area contributed by atoms with E-state index in [4.69, 9.17) is 16.3 Å². The van der Waals surface area contributed by atoms with Gasteiger partial charge in [0.05, 0.1) is 23.5 Å². The van der Waals surface area contributed by atoms with Crippen molar-refractivity contribution >= 4 is 39.8 Å². The van der Waals surface area contributed by atoms with Gasteiger partial charge in [0.2, 0.25) is 5.91 Å². The number of ether oxygens (including phenoxy) is 1. The summed E-state index contributed by atoms with van der Waals surface area (Å²) in [6.45, 7) is 9.94. The van der Waals surface area contributed by atoms with Crippen LogP contribution in [0.15, 0.2) is 36.8 Å². The van der Waals surface area contributed by atoms with E-state index in [1.807, 2.05) is 31.6 Å². The highest BCUT2D eigenvalue weighted by atomic mass is 35.5. The first-order valence-corrected chi connectivity index (χ1v) is 13.7. The minimum Gasteiger partial charge on any atom is -0.379 e. The molecule has 0 radical (unpaired) electrons. The van der Waals surface area contributed by atoms with E-state index in [1.54, 1.807) is 10.9 Å². The summed E-state index contributed by atoms with van der Waals surface area (Å²) in [5.74, 6) is 1.13. The van der Waals surface area contributed by atoms with Crippen LogP contribution in [0.1, 0.15) is 38.2 Å². The zero-order valence-electron chi connectivity index (χ0n) is 21.8. The molecular weight excluding hydrogens is 488 g/mol. The van der Waals surface area contributed by atoms with E-state index >= 15 is 0 Å². The summed E-state index contributed by atoms with van der Waals surface area (Å²) in [4.78, 5) is 22.6. The van der Waals surface area contributed by atoms with E-state index in [0.717, 1.165) is 79.3 Å². The van der Waals surface area contributed by atoms with Gasteiger partial charge in [0.25, 0.3) is 0 Å². The summed E-state index contributed by atoms with van der Waals surface area (Å²) in [7, 11) is 1.91. The van der Waals surface area contributed by atoms with Crippen molar-refractivity contribution < 1.29 is 9.53 Å². The Kier molecular flexibility index (Phi) is 6.37. The second-order valence-electron chi connectivity index (χ2n) is 11.1. The number of carbonyl (C=O) groups excluding carboxylic acids is 1. The van der Waals surface area contributed by atoms with Gasteiger partial charge in [-0.25, -0.2) is 4.98 Å². The highest BCUT2D eigenvalue weighted by Gasteiger charge is 2.54. The monoisotopic (exact) mass is 522 g/mol. The molecule has 1 N–H and O–H groups in total. The second-order valence-corrected chi connectivity index (χ2v) is 11.5. The van der Waals surface area contributed by atoms with E-state index < -0.39 is 0 Å². The van der Waals surface area contributed by atoms with E-state index in [1.165, 1.54) is 0 Å². The van der Waals surface area contributed by atoms with Crippen LogP contribution < -0.4 is 10.2 Å². The van der Waals surface area contributed by atoms with Gasteiger partial charge in [0.15, 0.2) is 0 Å². The molecular formula is C28H35ClN6O2. The van der Waals surface area contributed by atoms with Gasteiger partial charge >= 0.3 is 0 Å². The Bertz CT molecular complexity index is 1310. The highest BCUT2D eigenvalue weighted by Crippen LogP contribution is 2.56. The summed E-state index contributed by atoms with van der Waals surface area (Å²) in [6, 6.07) is 6.08. The standard InChI is InChI=1S/C28H35ClN6O2/c1-4-21-25(20-15-31-33(3)16-20)26(21)27(36)32-24-13-18-12-23(22(29)11-19(18)14-30-24)34-6-8-35(9-7-34)28(2)5-10-37-17-28/h11-16,21,25-26H,4-10,17H2,1-3H3,(H,30,32,36)/t21-,25-,26-,28-/m1/s1. The van der Waals surface area contributed by atoms with E-state index in [9.17, 15) is 4.79 Å². The number of pyridine rings is 1. The normalized spacial score (nSPS) is 28.1. The molecule has 37 heavy (non-hydrogen) atoms. The fourth-order valence-electron chi connectivity index (χ4n) is 6.37. The average Bonchev–Trinajstić information content (AvgIpc) is 3.18. The average molecular weight is 523 g/mol. The third-order valence-electron chi connectivity index (χ3n) is 8.67. The van der Waals surface area contributed by atoms with Crippen molar-refractivity contribution in [2.45, 2.75) is 38.1 Å². The molecule has 1 aromatic carbocycles. The van der Waals surface area contributed by atoms with Gasteiger partial charge in [0.1, 0.15) is 5.82 Å². The van der Waals surface area contributed by atoms with Crippen LogP contribution in [0.5, 0.6) is 0 Å². The number of aryl methyl sites for hydroxylation is 1. The smallest absolute Gasteiger partial charge is 0.229 e. The molecule has 1 amide bonds. The van der Waals surface area contributed by atoms with E-state index in [2.05, 4.69) is 45.1 Å². The van der Waals surface area contributed by atoms with Gasteiger partial charge < -0.3 is 15.0 Å². The molecule has 6 rings (SSSR count). The first-order chi connectivity index (χ1) is 17.9. The van der Waals surface area contributed by atoms with Crippen LogP contribution in [0, 0.1) is 11.8 Å². The van der Waals surface area contributed by atoms with Crippen molar-refractivity contribution in [3.05, 3.63) is 47.4 Å². The zero-order valence-corrected chi connectivity index (χ0v) is 22.5. The maximum Gasteiger partial charge on any atom is 0.229 e. The summed E-state index contributed by atoms with van der Waals surface area (Å²) in [6.07, 6.45) is 7.74. The Hall–Kier alpha value is -2.68. The maximum atomic E-state index is 13.2. The number of benzene rings is 1. The fourth-order valence-corrected chi connectivity index (χ4v) is 6.66. The van der Waals surface area contributed by atoms with Crippen molar-refractivity contribution in [3.63, 3.8) is 0 Å². The third kappa shape index (κ3) is 4.60. The van der Waals surface area contributed by atoms with Crippen molar-refractivity contribution in [1.82, 2.24) is 19.7 Å². The van der Waals surface area contributed by atoms with E-state index in [0.29, 0.717) is 11.7 Å². The third-order valence-corrected chi connectivity index (χ3v) is 8.98. The number of halogens is 1. The molecule has 0 spiro atoms. The van der Waals surface area contributed by atoms with Crippen LogP contribution in [-0.2, 0) is 16.6 Å². The van der Waals surface area contributed by atoms with Crippen molar-refractivity contribution in [1.29, 1.82) is 0 Å². The molecule has 1 aliphatic carbocycles. The Balaban J connectivity index is 1.16. The number of fused-ring (bicyclic) bond motifs is 1. The number of hydrogen-bond acceptors (Lipinski definition) is 6. The molecule has 8 nitrogen and oxygen atoms in total. The minimum absolute atomic E-state index is 0.0299. The quantitative estimate of drug-likeness (QED) is 0.520. The number of nitrogens with one attached hydrogen (secondary N) is 1. The molecule has 2 aliphatic heterocycles. The summed E-state index contributed by atoms with van der Waals surface area (Å²) >= 11 is 6.73. The molecule has 4 heterocycles. The molecule has 196 valence electrons. The molecule has 9 heteroatoms. The highest BCUT2D eigenvalue weighted by molar-refractivity contribution is 6.34. The van der Waals surface area contributed by atoms with Crippen LogP contribution in [0.25, 0.3) is 10.8 Å². The first-order valence-electron chi connectivity index (χ1n) is 13.3. The number of anilines is 2. The summed E-state index contributed by atoms with van der Waals surface area (Å²) in [5.41, 5.74) is 2.32. The van der Waals surface area contributed by atoms with Crippen molar-refractivity contribution in [2.75, 3.05) is 49.6 Å². The molecule has 1 saturated carbocycles. The van der Waals surface area contributed by atoms with Gasteiger partial charge in [-0.1, -0.05) is 24.9 Å². The predicted molar refractivity (Wildman–Crippen MR) is 146 cm³/mol. The summed E-state index contributed by atoms with van der Waals surface area (Å²) < 4.78 is 7.47. The lowest BCUT2D eigenvalue weighted by atomic mass is 9.98. The molecule has 3 aromatic rings. The minimum atomic E-state index is -0.0455. The van der Waals surface area contributed by atoms with Gasteiger partial charge in [-0.3, -0.25) is 14.4 Å².